The number of pyridine rings is 1. The van der Waals surface area contributed by atoms with E-state index in [1.165, 1.54) is 31.7 Å². The molecule has 0 aromatic carbocycles. The summed E-state index contributed by atoms with van der Waals surface area (Å²) in [7, 11) is 0. The van der Waals surface area contributed by atoms with Gasteiger partial charge >= 0.3 is 0 Å². The van der Waals surface area contributed by atoms with Gasteiger partial charge in [0.1, 0.15) is 0 Å². The van der Waals surface area contributed by atoms with Crippen molar-refractivity contribution in [3.8, 4) is 5.75 Å². The fourth-order valence-corrected chi connectivity index (χ4v) is 3.00. The highest BCUT2D eigenvalue weighted by atomic mass is 16.3. The first kappa shape index (κ1) is 15.1. The van der Waals surface area contributed by atoms with E-state index in [1.54, 1.807) is 0 Å². The van der Waals surface area contributed by atoms with Crippen LogP contribution < -0.4 is 10.7 Å². The quantitative estimate of drug-likeness (QED) is 0.841. The summed E-state index contributed by atoms with van der Waals surface area (Å²) in [6, 6.07) is 2.06. The van der Waals surface area contributed by atoms with Crippen molar-refractivity contribution in [1.82, 2.24) is 9.88 Å². The lowest BCUT2D eigenvalue weighted by Gasteiger charge is -2.20. The van der Waals surface area contributed by atoms with E-state index < -0.39 is 0 Å². The molecule has 0 bridgehead atoms. The molecule has 4 heteroatoms. The second-order valence-corrected chi connectivity index (χ2v) is 5.81. The Labute approximate surface area is 120 Å². The number of nitrogens with zero attached hydrogens (tertiary/aromatic N) is 1. The molecule has 0 unspecified atom stereocenters. The summed E-state index contributed by atoms with van der Waals surface area (Å²) < 4.78 is 2.09. The van der Waals surface area contributed by atoms with Crippen LogP contribution in [0.2, 0.25) is 0 Å². The molecule has 2 rings (SSSR count). The zero-order valence-electron chi connectivity index (χ0n) is 12.6. The van der Waals surface area contributed by atoms with Crippen molar-refractivity contribution in [3.63, 3.8) is 0 Å². The van der Waals surface area contributed by atoms with Gasteiger partial charge in [-0.25, -0.2) is 0 Å². The lowest BCUT2D eigenvalue weighted by molar-refractivity contribution is 0.426. The first-order valence-electron chi connectivity index (χ1n) is 7.79. The highest BCUT2D eigenvalue weighted by Gasteiger charge is 2.17. The Kier molecular flexibility index (Phi) is 5.24. The zero-order chi connectivity index (χ0) is 14.5. The molecule has 1 aliphatic carbocycles. The van der Waals surface area contributed by atoms with E-state index in [-0.39, 0.29) is 11.2 Å². The van der Waals surface area contributed by atoms with Crippen molar-refractivity contribution in [3.05, 3.63) is 27.7 Å². The number of unbranched alkanes of at least 4 members (excludes halogenated alkanes) is 1. The number of rotatable bonds is 6. The molecule has 1 heterocycles. The largest absolute Gasteiger partial charge is 0.503 e. The molecule has 1 aromatic heterocycles. The third kappa shape index (κ3) is 3.42. The lowest BCUT2D eigenvalue weighted by atomic mass is 10.2. The van der Waals surface area contributed by atoms with Crippen LogP contribution >= 0.6 is 0 Å². The SMILES string of the molecule is CCCCn1c(C)cc(=O)c(O)c1CNC1CCCC1. The van der Waals surface area contributed by atoms with Gasteiger partial charge in [0.25, 0.3) is 0 Å². The van der Waals surface area contributed by atoms with Crippen LogP contribution in [0.3, 0.4) is 0 Å². The van der Waals surface area contributed by atoms with Crippen LogP contribution in [0.15, 0.2) is 10.9 Å². The fraction of sp³-hybridized carbons (Fsp3) is 0.688. The van der Waals surface area contributed by atoms with Gasteiger partial charge in [-0.15, -0.1) is 0 Å². The molecule has 0 atom stereocenters. The summed E-state index contributed by atoms with van der Waals surface area (Å²) in [6.45, 7) is 5.53. The Balaban J connectivity index is 2.20. The Morgan fingerprint density at radius 1 is 1.40 bits per heavy atom. The van der Waals surface area contributed by atoms with Crippen LogP contribution in [0.4, 0.5) is 0 Å². The number of nitrogens with one attached hydrogen (secondary N) is 1. The predicted octanol–water partition coefficient (Wildman–Crippen LogP) is 2.69. The summed E-state index contributed by atoms with van der Waals surface area (Å²) in [5.41, 5.74) is 1.42. The summed E-state index contributed by atoms with van der Waals surface area (Å²) in [5, 5.41) is 13.6. The number of aromatic hydroxyl groups is 1. The number of hydrogen-bond donors (Lipinski definition) is 2. The molecule has 0 amide bonds. The lowest BCUT2D eigenvalue weighted by Crippen LogP contribution is -2.29. The van der Waals surface area contributed by atoms with Crippen molar-refractivity contribution in [2.45, 2.75) is 71.5 Å². The van der Waals surface area contributed by atoms with E-state index in [9.17, 15) is 9.90 Å². The third-order valence-electron chi connectivity index (χ3n) is 4.25. The molecular formula is C16H26N2O2. The summed E-state index contributed by atoms with van der Waals surface area (Å²) in [5.74, 6) is -0.0859. The molecule has 0 spiro atoms. The van der Waals surface area contributed by atoms with Gasteiger partial charge in [-0.05, 0) is 26.2 Å². The minimum absolute atomic E-state index is 0.0859. The van der Waals surface area contributed by atoms with Crippen LogP contribution in [0.1, 0.15) is 56.8 Å². The number of hydrogen-bond acceptors (Lipinski definition) is 3. The standard InChI is InChI=1S/C16H26N2O2/c1-3-4-9-18-12(2)10-15(19)16(20)14(18)11-17-13-7-5-6-8-13/h10,13,17,20H,3-9,11H2,1-2H3. The molecule has 2 N–H and O–H groups in total. The van der Waals surface area contributed by atoms with Gasteiger partial charge in [0.2, 0.25) is 5.43 Å². The van der Waals surface area contributed by atoms with Gasteiger partial charge in [-0.1, -0.05) is 26.2 Å². The van der Waals surface area contributed by atoms with Crippen LogP contribution in [0, 0.1) is 6.92 Å². The second-order valence-electron chi connectivity index (χ2n) is 5.81. The molecule has 112 valence electrons. The van der Waals surface area contributed by atoms with Crippen molar-refractivity contribution < 1.29 is 5.11 Å². The Morgan fingerprint density at radius 3 is 2.75 bits per heavy atom. The molecule has 0 radical (unpaired) electrons. The second kappa shape index (κ2) is 6.93. The Morgan fingerprint density at radius 2 is 2.10 bits per heavy atom. The zero-order valence-corrected chi connectivity index (χ0v) is 12.6. The smallest absolute Gasteiger partial charge is 0.223 e. The Bertz CT molecular complexity index is 502. The Hall–Kier alpha value is -1.29. The first-order valence-corrected chi connectivity index (χ1v) is 7.79. The van der Waals surface area contributed by atoms with Crippen LogP contribution in [0.25, 0.3) is 0 Å². The van der Waals surface area contributed by atoms with Gasteiger partial charge in [0.15, 0.2) is 5.75 Å². The molecule has 1 saturated carbocycles. The molecule has 0 aliphatic heterocycles. The van der Waals surface area contributed by atoms with Gasteiger partial charge in [-0.3, -0.25) is 4.79 Å². The topological polar surface area (TPSA) is 54.3 Å². The summed E-state index contributed by atoms with van der Waals surface area (Å²) >= 11 is 0. The van der Waals surface area contributed by atoms with E-state index in [0.717, 1.165) is 30.8 Å². The van der Waals surface area contributed by atoms with E-state index in [0.29, 0.717) is 12.6 Å². The highest BCUT2D eigenvalue weighted by molar-refractivity contribution is 5.29. The van der Waals surface area contributed by atoms with Crippen molar-refractivity contribution in [2.24, 2.45) is 0 Å². The minimum atomic E-state index is -0.265. The first-order chi connectivity index (χ1) is 9.63. The van der Waals surface area contributed by atoms with Gasteiger partial charge in [0.05, 0.1) is 5.69 Å². The minimum Gasteiger partial charge on any atom is -0.503 e. The number of aryl methyl sites for hydroxylation is 1. The molecule has 1 aromatic rings. The molecule has 4 nitrogen and oxygen atoms in total. The van der Waals surface area contributed by atoms with Gasteiger partial charge in [0, 0.05) is 30.9 Å². The van der Waals surface area contributed by atoms with Crippen LogP contribution in [-0.4, -0.2) is 15.7 Å². The number of aromatic nitrogens is 1. The maximum Gasteiger partial charge on any atom is 0.223 e. The molecule has 1 aliphatic rings. The van der Waals surface area contributed by atoms with Crippen molar-refractivity contribution in [1.29, 1.82) is 0 Å². The molecular weight excluding hydrogens is 252 g/mol. The normalized spacial score (nSPS) is 15.9. The van der Waals surface area contributed by atoms with Crippen molar-refractivity contribution >= 4 is 0 Å². The average molecular weight is 278 g/mol. The van der Waals surface area contributed by atoms with Crippen LogP contribution in [0.5, 0.6) is 5.75 Å². The molecule has 0 saturated heterocycles. The monoisotopic (exact) mass is 278 g/mol. The highest BCUT2D eigenvalue weighted by Crippen LogP contribution is 2.20. The third-order valence-corrected chi connectivity index (χ3v) is 4.25. The van der Waals surface area contributed by atoms with E-state index in [1.807, 2.05) is 6.92 Å². The summed E-state index contributed by atoms with van der Waals surface area (Å²) in [6.07, 6.45) is 7.11. The summed E-state index contributed by atoms with van der Waals surface area (Å²) in [4.78, 5) is 11.8. The van der Waals surface area contributed by atoms with Gasteiger partial charge in [-0.2, -0.15) is 0 Å². The maximum atomic E-state index is 11.8. The molecule has 1 fully saturated rings. The van der Waals surface area contributed by atoms with Gasteiger partial charge < -0.3 is 15.0 Å². The van der Waals surface area contributed by atoms with Crippen molar-refractivity contribution in [2.75, 3.05) is 0 Å². The van der Waals surface area contributed by atoms with E-state index in [2.05, 4.69) is 16.8 Å². The van der Waals surface area contributed by atoms with E-state index in [4.69, 9.17) is 0 Å². The predicted molar refractivity (Wildman–Crippen MR) is 81.1 cm³/mol. The van der Waals surface area contributed by atoms with E-state index >= 15 is 0 Å². The maximum absolute atomic E-state index is 11.8. The fourth-order valence-electron chi connectivity index (χ4n) is 3.00. The average Bonchev–Trinajstić information content (AvgIpc) is 2.93. The molecule has 20 heavy (non-hydrogen) atoms. The van der Waals surface area contributed by atoms with Crippen LogP contribution in [-0.2, 0) is 13.1 Å².